The number of rotatable bonds is 3. The summed E-state index contributed by atoms with van der Waals surface area (Å²) >= 11 is 1.98. The first-order chi connectivity index (χ1) is 10.7. The number of carbonyl (C=O) groups excluding carboxylic acids is 1. The van der Waals surface area contributed by atoms with E-state index in [0.29, 0.717) is 25.9 Å². The van der Waals surface area contributed by atoms with E-state index in [-0.39, 0.29) is 17.7 Å². The van der Waals surface area contributed by atoms with Crippen molar-refractivity contribution in [3.05, 3.63) is 0 Å². The lowest BCUT2D eigenvalue weighted by Crippen LogP contribution is -2.60. The van der Waals surface area contributed by atoms with Gasteiger partial charge in [0.05, 0.1) is 19.3 Å². The lowest BCUT2D eigenvalue weighted by atomic mass is 9.95. The molecule has 0 spiro atoms. The Bertz CT molecular complexity index is 376. The molecule has 3 aliphatic rings. The van der Waals surface area contributed by atoms with Gasteiger partial charge in [-0.1, -0.05) is 0 Å². The molecule has 7 heteroatoms. The molecule has 3 heterocycles. The van der Waals surface area contributed by atoms with E-state index in [0.717, 1.165) is 45.0 Å². The number of likely N-dealkylation sites (tertiary alicyclic amines) is 1. The second kappa shape index (κ2) is 7.38. The highest BCUT2D eigenvalue weighted by Gasteiger charge is 2.41. The van der Waals surface area contributed by atoms with E-state index in [4.69, 9.17) is 4.74 Å². The number of nitrogens with zero attached hydrogens (tertiary/aromatic N) is 2. The van der Waals surface area contributed by atoms with E-state index in [9.17, 15) is 9.90 Å². The first-order valence-corrected chi connectivity index (χ1v) is 9.46. The van der Waals surface area contributed by atoms with Crippen LogP contribution in [-0.4, -0.2) is 90.0 Å². The van der Waals surface area contributed by atoms with Crippen LogP contribution in [0, 0.1) is 0 Å². The maximum atomic E-state index is 12.4. The molecular weight excluding hydrogens is 302 g/mol. The van der Waals surface area contributed by atoms with Crippen LogP contribution in [0.5, 0.6) is 0 Å². The van der Waals surface area contributed by atoms with E-state index < -0.39 is 0 Å². The molecule has 3 saturated heterocycles. The first-order valence-electron chi connectivity index (χ1n) is 8.31. The van der Waals surface area contributed by atoms with Crippen LogP contribution in [0.1, 0.15) is 19.3 Å². The van der Waals surface area contributed by atoms with Crippen LogP contribution >= 0.6 is 11.8 Å². The number of aliphatic hydroxyl groups excluding tert-OH is 1. The lowest BCUT2D eigenvalue weighted by Gasteiger charge is -2.43. The van der Waals surface area contributed by atoms with Gasteiger partial charge in [-0.2, -0.15) is 11.8 Å². The second-order valence-corrected chi connectivity index (χ2v) is 7.61. The van der Waals surface area contributed by atoms with Gasteiger partial charge in [-0.25, -0.2) is 4.79 Å². The monoisotopic (exact) mass is 329 g/mol. The van der Waals surface area contributed by atoms with Gasteiger partial charge >= 0.3 is 6.03 Å². The summed E-state index contributed by atoms with van der Waals surface area (Å²) in [4.78, 5) is 16.7. The van der Waals surface area contributed by atoms with Crippen LogP contribution in [0.4, 0.5) is 4.79 Å². The van der Waals surface area contributed by atoms with E-state index in [1.807, 2.05) is 16.7 Å². The van der Waals surface area contributed by atoms with Crippen LogP contribution in [0.25, 0.3) is 0 Å². The number of aliphatic hydroxyl groups is 1. The van der Waals surface area contributed by atoms with Crippen molar-refractivity contribution in [3.63, 3.8) is 0 Å². The summed E-state index contributed by atoms with van der Waals surface area (Å²) in [6.45, 7) is 5.56. The molecule has 1 atom stereocenters. The molecule has 126 valence electrons. The Balaban J connectivity index is 1.54. The van der Waals surface area contributed by atoms with Crippen molar-refractivity contribution in [3.8, 4) is 0 Å². The summed E-state index contributed by atoms with van der Waals surface area (Å²) in [7, 11) is 0. The van der Waals surface area contributed by atoms with Crippen LogP contribution in [0.15, 0.2) is 0 Å². The van der Waals surface area contributed by atoms with Gasteiger partial charge in [0, 0.05) is 44.0 Å². The van der Waals surface area contributed by atoms with Gasteiger partial charge in [0.1, 0.15) is 0 Å². The van der Waals surface area contributed by atoms with E-state index in [1.165, 1.54) is 5.75 Å². The highest BCUT2D eigenvalue weighted by molar-refractivity contribution is 7.99. The summed E-state index contributed by atoms with van der Waals surface area (Å²) < 4.78 is 5.47. The molecule has 3 rings (SSSR count). The first kappa shape index (κ1) is 16.4. The van der Waals surface area contributed by atoms with Crippen LogP contribution in [0.2, 0.25) is 0 Å². The molecule has 1 unspecified atom stereocenters. The largest absolute Gasteiger partial charge is 0.393 e. The molecule has 3 aliphatic heterocycles. The Hall–Kier alpha value is -0.500. The van der Waals surface area contributed by atoms with Crippen molar-refractivity contribution < 1.29 is 14.6 Å². The Kier molecular flexibility index (Phi) is 5.49. The summed E-state index contributed by atoms with van der Waals surface area (Å²) in [5, 5.41) is 12.7. The average molecular weight is 329 g/mol. The number of urea groups is 1. The normalized spacial score (nSPS) is 31.4. The summed E-state index contributed by atoms with van der Waals surface area (Å²) in [5.41, 5.74) is 0.0966. The van der Waals surface area contributed by atoms with E-state index >= 15 is 0 Å². The van der Waals surface area contributed by atoms with Crippen molar-refractivity contribution in [2.45, 2.75) is 30.9 Å². The molecule has 0 aromatic rings. The van der Waals surface area contributed by atoms with Crippen LogP contribution in [0.3, 0.4) is 0 Å². The zero-order valence-corrected chi connectivity index (χ0v) is 13.9. The summed E-state index contributed by atoms with van der Waals surface area (Å²) in [6, 6.07) is 0.0245. The molecule has 0 aliphatic carbocycles. The highest BCUT2D eigenvalue weighted by atomic mass is 32.2. The summed E-state index contributed by atoms with van der Waals surface area (Å²) in [6.07, 6.45) is 2.28. The van der Waals surface area contributed by atoms with Crippen LogP contribution in [-0.2, 0) is 4.74 Å². The molecule has 6 nitrogen and oxygen atoms in total. The SMILES string of the molecule is O=C(NCC1(N2CCOCC2)CCSC1)N1CCC(O)CC1. The topological polar surface area (TPSA) is 65.0 Å². The second-order valence-electron chi connectivity index (χ2n) is 6.50. The molecule has 0 radical (unpaired) electrons. The molecule has 22 heavy (non-hydrogen) atoms. The quantitative estimate of drug-likeness (QED) is 0.783. The number of morpholine rings is 1. The predicted octanol–water partition coefficient (Wildman–Crippen LogP) is 0.361. The van der Waals surface area contributed by atoms with Gasteiger partial charge in [0.25, 0.3) is 0 Å². The third-order valence-corrected chi connectivity index (χ3v) is 6.32. The number of hydrogen-bond donors (Lipinski definition) is 2. The fourth-order valence-corrected chi connectivity index (χ4v) is 5.03. The molecule has 0 aromatic heterocycles. The minimum Gasteiger partial charge on any atom is -0.393 e. The summed E-state index contributed by atoms with van der Waals surface area (Å²) in [5.74, 6) is 2.26. The number of nitrogens with one attached hydrogen (secondary N) is 1. The standard InChI is InChI=1S/C15H27N3O3S/c19-13-1-4-17(5-2-13)14(20)16-11-15(3-10-22-12-15)18-6-8-21-9-7-18/h13,19H,1-12H2,(H,16,20). The zero-order chi connectivity index (χ0) is 15.4. The number of amides is 2. The van der Waals surface area contributed by atoms with Gasteiger partial charge in [0.15, 0.2) is 0 Å². The van der Waals surface area contributed by atoms with Crippen molar-refractivity contribution in [1.82, 2.24) is 15.1 Å². The van der Waals surface area contributed by atoms with Gasteiger partial charge in [-0.05, 0) is 25.0 Å². The zero-order valence-electron chi connectivity index (χ0n) is 13.1. The number of carbonyl (C=O) groups is 1. The van der Waals surface area contributed by atoms with E-state index in [1.54, 1.807) is 0 Å². The molecular formula is C15H27N3O3S. The lowest BCUT2D eigenvalue weighted by molar-refractivity contribution is -0.0129. The molecule has 3 fully saturated rings. The maximum Gasteiger partial charge on any atom is 0.317 e. The Morgan fingerprint density at radius 1 is 1.27 bits per heavy atom. The van der Waals surface area contributed by atoms with Crippen LogP contribution < -0.4 is 5.32 Å². The Morgan fingerprint density at radius 3 is 2.64 bits per heavy atom. The highest BCUT2D eigenvalue weighted by Crippen LogP contribution is 2.33. The third-order valence-electron chi connectivity index (χ3n) is 5.08. The predicted molar refractivity (Wildman–Crippen MR) is 87.3 cm³/mol. The molecule has 2 amide bonds. The molecule has 2 N–H and O–H groups in total. The fourth-order valence-electron chi connectivity index (χ4n) is 3.56. The van der Waals surface area contributed by atoms with Gasteiger partial charge < -0.3 is 20.1 Å². The minimum absolute atomic E-state index is 0.0245. The van der Waals surface area contributed by atoms with Crippen molar-refractivity contribution >= 4 is 17.8 Å². The number of hydrogen-bond acceptors (Lipinski definition) is 5. The third kappa shape index (κ3) is 3.69. The number of ether oxygens (including phenoxy) is 1. The van der Waals surface area contributed by atoms with Crippen molar-refractivity contribution in [2.24, 2.45) is 0 Å². The van der Waals surface area contributed by atoms with Crippen molar-refractivity contribution in [1.29, 1.82) is 0 Å². The maximum absolute atomic E-state index is 12.4. The minimum atomic E-state index is -0.241. The fraction of sp³-hybridized carbons (Fsp3) is 0.933. The van der Waals surface area contributed by atoms with E-state index in [2.05, 4.69) is 10.2 Å². The number of piperidine rings is 1. The van der Waals surface area contributed by atoms with Crippen molar-refractivity contribution in [2.75, 3.05) is 57.4 Å². The van der Waals surface area contributed by atoms with Gasteiger partial charge in [-0.3, -0.25) is 4.90 Å². The Morgan fingerprint density at radius 2 is 2.00 bits per heavy atom. The van der Waals surface area contributed by atoms with Gasteiger partial charge in [-0.15, -0.1) is 0 Å². The molecule has 0 aromatic carbocycles. The molecule has 0 saturated carbocycles. The Labute approximate surface area is 136 Å². The number of thioether (sulfide) groups is 1. The molecule has 0 bridgehead atoms. The average Bonchev–Trinajstić information content (AvgIpc) is 3.04. The van der Waals surface area contributed by atoms with Gasteiger partial charge in [0.2, 0.25) is 0 Å². The smallest absolute Gasteiger partial charge is 0.317 e.